The summed E-state index contributed by atoms with van der Waals surface area (Å²) in [6, 6.07) is 0. The molecule has 1 aliphatic rings. The van der Waals surface area contributed by atoms with Crippen molar-refractivity contribution in [3.05, 3.63) is 0 Å². The lowest BCUT2D eigenvalue weighted by atomic mass is 10.3. The summed E-state index contributed by atoms with van der Waals surface area (Å²) in [5.74, 6) is 0. The molecule has 3 heteroatoms. The Morgan fingerprint density at radius 3 is 0.917 bits per heavy atom. The average Bonchev–Trinajstić information content (AvgIpc) is 2.34. The third-order valence-corrected chi connectivity index (χ3v) is 16.4. The molecule has 1 aliphatic heterocycles. The fraction of sp³-hybridized carbons (Fsp3) is 1.00. The average molecular weight is 391 g/mol. The molecule has 1 fully saturated rings. The van der Waals surface area contributed by atoms with E-state index < -0.39 is 0 Å². The highest BCUT2D eigenvalue weighted by molar-refractivity contribution is 7.63. The molecule has 144 valence electrons. The first-order chi connectivity index (χ1) is 10.8. The van der Waals surface area contributed by atoms with E-state index in [9.17, 15) is 0 Å². The standard InChI is InChI=1S/C21H45P3/c1-19(2,3)22-13-10-11-14-23(20(4,5)6)17-18-24(16-12-15-22)21(7,8)9/h10-18H2,1-9H3. The van der Waals surface area contributed by atoms with Crippen LogP contribution in [0, 0.1) is 0 Å². The molecule has 1 rings (SSSR count). The molecule has 3 atom stereocenters. The molecular formula is C21H45P3. The zero-order valence-corrected chi connectivity index (χ0v) is 20.9. The lowest BCUT2D eigenvalue weighted by molar-refractivity contribution is 0.751. The highest BCUT2D eigenvalue weighted by atomic mass is 31.1. The molecule has 0 radical (unpaired) electrons. The van der Waals surface area contributed by atoms with Crippen molar-refractivity contribution >= 4 is 23.8 Å². The number of hydrogen-bond donors (Lipinski definition) is 0. The van der Waals surface area contributed by atoms with E-state index in [4.69, 9.17) is 0 Å². The molecule has 0 aromatic rings. The van der Waals surface area contributed by atoms with Crippen molar-refractivity contribution in [2.24, 2.45) is 0 Å². The highest BCUT2D eigenvalue weighted by Gasteiger charge is 2.30. The Morgan fingerprint density at radius 2 is 0.625 bits per heavy atom. The maximum Gasteiger partial charge on any atom is -0.0179 e. The third kappa shape index (κ3) is 8.32. The molecule has 1 heterocycles. The monoisotopic (exact) mass is 390 g/mol. The predicted octanol–water partition coefficient (Wildman–Crippen LogP) is 8.01. The first kappa shape index (κ1) is 23.3. The Kier molecular flexibility index (Phi) is 9.21. The molecule has 0 spiro atoms. The van der Waals surface area contributed by atoms with Crippen molar-refractivity contribution < 1.29 is 0 Å². The Labute approximate surface area is 158 Å². The normalized spacial score (nSPS) is 29.6. The SMILES string of the molecule is CC(C)(C)P1CCCCP(C(C)(C)C)CCP(C(C)(C)C)CCC1. The van der Waals surface area contributed by atoms with Gasteiger partial charge in [0.1, 0.15) is 0 Å². The van der Waals surface area contributed by atoms with E-state index in [0.29, 0.717) is 15.5 Å². The summed E-state index contributed by atoms with van der Waals surface area (Å²) in [6.07, 6.45) is 13.7. The largest absolute Gasteiger partial charge is 0.101 e. The van der Waals surface area contributed by atoms with Crippen molar-refractivity contribution in [2.75, 3.05) is 37.0 Å². The van der Waals surface area contributed by atoms with Crippen LogP contribution in [0.5, 0.6) is 0 Å². The van der Waals surface area contributed by atoms with Crippen LogP contribution in [0.1, 0.15) is 81.6 Å². The van der Waals surface area contributed by atoms with Crippen molar-refractivity contribution in [1.82, 2.24) is 0 Å². The Morgan fingerprint density at radius 1 is 0.375 bits per heavy atom. The van der Waals surface area contributed by atoms with E-state index >= 15 is 0 Å². The van der Waals surface area contributed by atoms with Gasteiger partial charge in [-0.3, -0.25) is 0 Å². The van der Waals surface area contributed by atoms with Crippen LogP contribution in [0.15, 0.2) is 0 Å². The molecule has 0 aromatic heterocycles. The molecule has 0 aromatic carbocycles. The summed E-state index contributed by atoms with van der Waals surface area (Å²) in [4.78, 5) is 0. The minimum atomic E-state index is 0.192. The van der Waals surface area contributed by atoms with E-state index in [1.807, 2.05) is 0 Å². The molecule has 0 aliphatic carbocycles. The summed E-state index contributed by atoms with van der Waals surface area (Å²) in [5, 5.41) is 1.65. The Bertz CT molecular complexity index is 357. The zero-order valence-electron chi connectivity index (χ0n) is 18.2. The van der Waals surface area contributed by atoms with Crippen LogP contribution in [0.2, 0.25) is 0 Å². The predicted molar refractivity (Wildman–Crippen MR) is 123 cm³/mol. The van der Waals surface area contributed by atoms with Crippen LogP contribution in [0.25, 0.3) is 0 Å². The molecule has 0 saturated carbocycles. The van der Waals surface area contributed by atoms with Gasteiger partial charge in [-0.05, 0) is 71.7 Å². The maximum absolute atomic E-state index is 2.51. The van der Waals surface area contributed by atoms with Gasteiger partial charge in [-0.15, -0.1) is 23.8 Å². The van der Waals surface area contributed by atoms with E-state index in [1.54, 1.807) is 0 Å². The van der Waals surface area contributed by atoms with Gasteiger partial charge in [-0.2, -0.15) is 0 Å². The second-order valence-corrected chi connectivity index (χ2v) is 20.5. The second-order valence-electron chi connectivity index (χ2n) is 10.5. The molecule has 1 saturated heterocycles. The van der Waals surface area contributed by atoms with Gasteiger partial charge < -0.3 is 0 Å². The first-order valence-corrected chi connectivity index (χ1v) is 15.2. The van der Waals surface area contributed by atoms with Crippen LogP contribution in [0.3, 0.4) is 0 Å². The Balaban J connectivity index is 2.86. The number of hydrogen-bond acceptors (Lipinski definition) is 0. The molecule has 0 amide bonds. The van der Waals surface area contributed by atoms with Crippen LogP contribution < -0.4 is 0 Å². The van der Waals surface area contributed by atoms with Crippen LogP contribution in [-0.4, -0.2) is 52.4 Å². The summed E-state index contributed by atoms with van der Waals surface area (Å²) in [7, 11) is 0.608. The van der Waals surface area contributed by atoms with Crippen molar-refractivity contribution in [3.8, 4) is 0 Å². The number of rotatable bonds is 0. The molecule has 0 bridgehead atoms. The summed E-state index contributed by atoms with van der Waals surface area (Å²) in [5.41, 5.74) is 0. The molecule has 0 N–H and O–H groups in total. The van der Waals surface area contributed by atoms with Crippen molar-refractivity contribution in [2.45, 2.75) is 97.0 Å². The zero-order chi connectivity index (χ0) is 18.6. The van der Waals surface area contributed by atoms with Crippen LogP contribution >= 0.6 is 23.8 Å². The molecule has 0 nitrogen and oxygen atoms in total. The van der Waals surface area contributed by atoms with Crippen molar-refractivity contribution in [1.29, 1.82) is 0 Å². The molecule has 3 unspecified atom stereocenters. The Hall–Kier alpha value is 1.29. The summed E-state index contributed by atoms with van der Waals surface area (Å²) < 4.78 is 0. The van der Waals surface area contributed by atoms with E-state index in [2.05, 4.69) is 62.3 Å². The summed E-state index contributed by atoms with van der Waals surface area (Å²) >= 11 is 0. The van der Waals surface area contributed by atoms with Gasteiger partial charge in [0.2, 0.25) is 0 Å². The van der Waals surface area contributed by atoms with Gasteiger partial charge in [0.05, 0.1) is 0 Å². The van der Waals surface area contributed by atoms with Gasteiger partial charge in [0, 0.05) is 0 Å². The first-order valence-electron chi connectivity index (χ1n) is 10.1. The van der Waals surface area contributed by atoms with Crippen LogP contribution in [0.4, 0.5) is 0 Å². The fourth-order valence-electron chi connectivity index (χ4n) is 3.65. The lowest BCUT2D eigenvalue weighted by Crippen LogP contribution is -2.22. The smallest absolute Gasteiger partial charge is 0.0179 e. The lowest BCUT2D eigenvalue weighted by Gasteiger charge is -2.38. The van der Waals surface area contributed by atoms with E-state index in [0.717, 1.165) is 0 Å². The minimum absolute atomic E-state index is 0.192. The second kappa shape index (κ2) is 9.48. The third-order valence-electron chi connectivity index (χ3n) is 5.45. The molecule has 24 heavy (non-hydrogen) atoms. The summed E-state index contributed by atoms with van der Waals surface area (Å²) in [6.45, 7) is 22.5. The van der Waals surface area contributed by atoms with Gasteiger partial charge in [-0.25, -0.2) is 0 Å². The van der Waals surface area contributed by atoms with Crippen LogP contribution in [-0.2, 0) is 0 Å². The quantitative estimate of drug-likeness (QED) is 0.367. The van der Waals surface area contributed by atoms with Gasteiger partial charge >= 0.3 is 0 Å². The van der Waals surface area contributed by atoms with Gasteiger partial charge in [0.25, 0.3) is 0 Å². The minimum Gasteiger partial charge on any atom is -0.101 e. The van der Waals surface area contributed by atoms with E-state index in [-0.39, 0.29) is 23.8 Å². The fourth-order valence-corrected chi connectivity index (χ4v) is 12.8. The molecular weight excluding hydrogens is 345 g/mol. The van der Waals surface area contributed by atoms with Gasteiger partial charge in [0.15, 0.2) is 0 Å². The van der Waals surface area contributed by atoms with Gasteiger partial charge in [-0.1, -0.05) is 62.3 Å². The van der Waals surface area contributed by atoms with E-state index in [1.165, 1.54) is 56.2 Å². The highest BCUT2D eigenvalue weighted by Crippen LogP contribution is 2.58. The maximum atomic E-state index is 2.51. The topological polar surface area (TPSA) is 0 Å². The van der Waals surface area contributed by atoms with Crippen molar-refractivity contribution in [3.63, 3.8) is 0 Å².